The van der Waals surface area contributed by atoms with Gasteiger partial charge in [0.25, 0.3) is 0 Å². The van der Waals surface area contributed by atoms with Crippen LogP contribution in [-0.2, 0) is 0 Å². The SMILES string of the molecule is COc1cc(N2CCN3C(c4ccc(OC)c(OC)c4)CCC[C@H]3C2)c(Br)cc1Br. The summed E-state index contributed by atoms with van der Waals surface area (Å²) in [5, 5.41) is 0. The van der Waals surface area contributed by atoms with Crippen LogP contribution in [-0.4, -0.2) is 51.9 Å². The maximum atomic E-state index is 5.55. The zero-order valence-electron chi connectivity index (χ0n) is 17.7. The van der Waals surface area contributed by atoms with Gasteiger partial charge in [0.15, 0.2) is 11.5 Å². The van der Waals surface area contributed by atoms with E-state index in [4.69, 9.17) is 14.2 Å². The molecule has 1 unspecified atom stereocenters. The second kappa shape index (κ2) is 9.37. The molecule has 2 aromatic rings. The van der Waals surface area contributed by atoms with Crippen molar-refractivity contribution >= 4 is 37.5 Å². The summed E-state index contributed by atoms with van der Waals surface area (Å²) in [4.78, 5) is 5.17. The normalized spacial score (nSPS) is 21.8. The van der Waals surface area contributed by atoms with Crippen LogP contribution in [0.25, 0.3) is 0 Å². The molecule has 162 valence electrons. The van der Waals surface area contributed by atoms with Crippen molar-refractivity contribution in [2.45, 2.75) is 31.3 Å². The van der Waals surface area contributed by atoms with E-state index in [9.17, 15) is 0 Å². The molecule has 2 heterocycles. The van der Waals surface area contributed by atoms with Gasteiger partial charge in [0, 0.05) is 42.3 Å². The number of piperazine rings is 1. The average molecular weight is 540 g/mol. The topological polar surface area (TPSA) is 34.2 Å². The highest BCUT2D eigenvalue weighted by Gasteiger charge is 2.36. The number of anilines is 1. The molecular formula is C23H28Br2N2O3. The molecule has 0 saturated carbocycles. The lowest BCUT2D eigenvalue weighted by Crippen LogP contribution is -2.55. The maximum absolute atomic E-state index is 5.55. The summed E-state index contributed by atoms with van der Waals surface area (Å²) in [7, 11) is 5.10. The summed E-state index contributed by atoms with van der Waals surface area (Å²) in [5.41, 5.74) is 2.51. The zero-order valence-corrected chi connectivity index (χ0v) is 20.8. The lowest BCUT2D eigenvalue weighted by Gasteiger charge is -2.49. The fourth-order valence-electron chi connectivity index (χ4n) is 4.80. The summed E-state index contributed by atoms with van der Waals surface area (Å²) in [6, 6.07) is 11.5. The Morgan fingerprint density at radius 3 is 2.33 bits per heavy atom. The minimum absolute atomic E-state index is 0.425. The van der Waals surface area contributed by atoms with Crippen LogP contribution in [0.1, 0.15) is 30.9 Å². The molecule has 2 saturated heterocycles. The standard InChI is InChI=1S/C23H28Br2N2O3/c1-28-21-8-7-15(11-23(21)30-3)19-6-4-5-16-14-26(9-10-27(16)19)20-13-22(29-2)18(25)12-17(20)24/h7-8,11-13,16,19H,4-6,9-10,14H2,1-3H3/t16-,19?/m0/s1. The molecule has 2 fully saturated rings. The first-order valence-electron chi connectivity index (χ1n) is 10.3. The van der Waals surface area contributed by atoms with Crippen LogP contribution in [0.4, 0.5) is 5.69 Å². The van der Waals surface area contributed by atoms with Gasteiger partial charge >= 0.3 is 0 Å². The van der Waals surface area contributed by atoms with E-state index >= 15 is 0 Å². The third-order valence-electron chi connectivity index (χ3n) is 6.30. The number of ether oxygens (including phenoxy) is 3. The van der Waals surface area contributed by atoms with Crippen molar-refractivity contribution in [2.75, 3.05) is 45.9 Å². The molecule has 0 spiro atoms. The van der Waals surface area contributed by atoms with Gasteiger partial charge in [-0.2, -0.15) is 0 Å². The van der Waals surface area contributed by atoms with E-state index in [1.54, 1.807) is 21.3 Å². The van der Waals surface area contributed by atoms with Crippen LogP contribution in [0.15, 0.2) is 39.3 Å². The summed E-state index contributed by atoms with van der Waals surface area (Å²) in [6.45, 7) is 3.05. The van der Waals surface area contributed by atoms with Crippen molar-refractivity contribution < 1.29 is 14.2 Å². The zero-order chi connectivity index (χ0) is 21.3. The molecule has 0 bridgehead atoms. The fourth-order valence-corrected chi connectivity index (χ4v) is 6.21. The van der Waals surface area contributed by atoms with E-state index in [-0.39, 0.29) is 0 Å². The summed E-state index contributed by atoms with van der Waals surface area (Å²) in [6.07, 6.45) is 3.65. The number of methoxy groups -OCH3 is 3. The molecule has 0 N–H and O–H groups in total. The molecule has 5 nitrogen and oxygen atoms in total. The number of hydrogen-bond donors (Lipinski definition) is 0. The number of fused-ring (bicyclic) bond motifs is 1. The molecule has 4 rings (SSSR count). The molecule has 2 aliphatic rings. The second-order valence-corrected chi connectivity index (χ2v) is 9.55. The smallest absolute Gasteiger partial charge is 0.161 e. The Morgan fingerprint density at radius 2 is 1.60 bits per heavy atom. The van der Waals surface area contributed by atoms with E-state index in [1.165, 1.54) is 30.5 Å². The maximum Gasteiger partial charge on any atom is 0.161 e. The predicted octanol–water partition coefficient (Wildman–Crippen LogP) is 5.65. The van der Waals surface area contributed by atoms with Crippen LogP contribution >= 0.6 is 31.9 Å². The number of hydrogen-bond acceptors (Lipinski definition) is 5. The monoisotopic (exact) mass is 538 g/mol. The van der Waals surface area contributed by atoms with Gasteiger partial charge in [-0.05, 0) is 74.9 Å². The van der Waals surface area contributed by atoms with Crippen molar-refractivity contribution in [1.29, 1.82) is 0 Å². The Bertz CT molecular complexity index is 908. The van der Waals surface area contributed by atoms with Crippen molar-refractivity contribution in [2.24, 2.45) is 0 Å². The molecule has 7 heteroatoms. The predicted molar refractivity (Wildman–Crippen MR) is 127 cm³/mol. The average Bonchev–Trinajstić information content (AvgIpc) is 2.78. The first-order chi connectivity index (χ1) is 14.5. The quantitative estimate of drug-likeness (QED) is 0.490. The number of halogens is 2. The van der Waals surface area contributed by atoms with Crippen molar-refractivity contribution in [3.8, 4) is 17.2 Å². The number of nitrogens with zero attached hydrogens (tertiary/aromatic N) is 2. The minimum Gasteiger partial charge on any atom is -0.495 e. The van der Waals surface area contributed by atoms with E-state index in [2.05, 4.69) is 65.9 Å². The molecule has 2 aliphatic heterocycles. The highest BCUT2D eigenvalue weighted by atomic mass is 79.9. The van der Waals surface area contributed by atoms with Gasteiger partial charge < -0.3 is 19.1 Å². The van der Waals surface area contributed by atoms with E-state index in [0.29, 0.717) is 12.1 Å². The minimum atomic E-state index is 0.425. The van der Waals surface area contributed by atoms with Gasteiger partial charge in [0.1, 0.15) is 5.75 Å². The lowest BCUT2D eigenvalue weighted by molar-refractivity contribution is 0.0714. The molecule has 2 aromatic carbocycles. The molecule has 0 amide bonds. The van der Waals surface area contributed by atoms with Crippen molar-refractivity contribution in [1.82, 2.24) is 4.90 Å². The second-order valence-electron chi connectivity index (χ2n) is 7.84. The van der Waals surface area contributed by atoms with Crippen molar-refractivity contribution in [3.63, 3.8) is 0 Å². The van der Waals surface area contributed by atoms with Crippen LogP contribution in [0.5, 0.6) is 17.2 Å². The molecule has 0 aliphatic carbocycles. The summed E-state index contributed by atoms with van der Waals surface area (Å²) >= 11 is 7.32. The van der Waals surface area contributed by atoms with Gasteiger partial charge in [-0.25, -0.2) is 0 Å². The van der Waals surface area contributed by atoms with E-state index in [0.717, 1.165) is 45.8 Å². The first kappa shape index (κ1) is 21.8. The van der Waals surface area contributed by atoms with Crippen molar-refractivity contribution in [3.05, 3.63) is 44.8 Å². The Morgan fingerprint density at radius 1 is 0.833 bits per heavy atom. The first-order valence-corrected chi connectivity index (χ1v) is 11.9. The van der Waals surface area contributed by atoms with Gasteiger partial charge in [-0.15, -0.1) is 0 Å². The third-order valence-corrected chi connectivity index (χ3v) is 7.55. The highest BCUT2D eigenvalue weighted by molar-refractivity contribution is 9.11. The fraction of sp³-hybridized carbons (Fsp3) is 0.478. The largest absolute Gasteiger partial charge is 0.495 e. The van der Waals surface area contributed by atoms with Crippen LogP contribution in [0, 0.1) is 0 Å². The Balaban J connectivity index is 1.55. The third kappa shape index (κ3) is 4.16. The van der Waals surface area contributed by atoms with Crippen LogP contribution < -0.4 is 19.1 Å². The number of rotatable bonds is 5. The number of piperidine rings is 1. The molecule has 2 atom stereocenters. The van der Waals surface area contributed by atoms with Gasteiger partial charge in [-0.1, -0.05) is 6.07 Å². The van der Waals surface area contributed by atoms with Crippen LogP contribution in [0.3, 0.4) is 0 Å². The van der Waals surface area contributed by atoms with Gasteiger partial charge in [0.05, 0.1) is 31.5 Å². The molecule has 30 heavy (non-hydrogen) atoms. The highest BCUT2D eigenvalue weighted by Crippen LogP contribution is 2.42. The van der Waals surface area contributed by atoms with E-state index < -0.39 is 0 Å². The summed E-state index contributed by atoms with van der Waals surface area (Å²) in [5.74, 6) is 2.46. The van der Waals surface area contributed by atoms with Gasteiger partial charge in [0.2, 0.25) is 0 Å². The molecule has 0 aromatic heterocycles. The lowest BCUT2D eigenvalue weighted by atomic mass is 9.89. The van der Waals surface area contributed by atoms with Gasteiger partial charge in [-0.3, -0.25) is 4.90 Å². The Hall–Kier alpha value is -1.44. The molecular weight excluding hydrogens is 512 g/mol. The Labute approximate surface area is 195 Å². The van der Waals surface area contributed by atoms with Crippen LogP contribution in [0.2, 0.25) is 0 Å². The molecule has 0 radical (unpaired) electrons. The number of benzene rings is 2. The summed E-state index contributed by atoms with van der Waals surface area (Å²) < 4.78 is 18.6. The van der Waals surface area contributed by atoms with E-state index in [1.807, 2.05) is 6.07 Å². The Kier molecular flexibility index (Phi) is 6.80.